The third-order valence-corrected chi connectivity index (χ3v) is 4.11. The standard InChI is InChI=1S/C13H28/c1-7-12(5)9-10-13(6,8-2)11(3)4/h11-12H,7-10H2,1-6H3. The van der Waals surface area contributed by atoms with Crippen LogP contribution in [0.15, 0.2) is 0 Å². The van der Waals surface area contributed by atoms with E-state index in [1.54, 1.807) is 0 Å². The van der Waals surface area contributed by atoms with Gasteiger partial charge in [0.25, 0.3) is 0 Å². The Morgan fingerprint density at radius 1 is 1.08 bits per heavy atom. The van der Waals surface area contributed by atoms with Crippen LogP contribution in [0, 0.1) is 17.3 Å². The Bertz CT molecular complexity index is 126. The van der Waals surface area contributed by atoms with Crippen molar-refractivity contribution in [1.29, 1.82) is 0 Å². The fraction of sp³-hybridized carbons (Fsp3) is 1.00. The summed E-state index contributed by atoms with van der Waals surface area (Å²) in [7, 11) is 0. The normalized spacial score (nSPS) is 18.7. The van der Waals surface area contributed by atoms with Crippen LogP contribution in [-0.4, -0.2) is 0 Å². The zero-order valence-electron chi connectivity index (χ0n) is 10.5. The number of rotatable bonds is 6. The molecule has 0 bridgehead atoms. The summed E-state index contributed by atoms with van der Waals surface area (Å²) in [5.74, 6) is 1.73. The van der Waals surface area contributed by atoms with Gasteiger partial charge in [-0.15, -0.1) is 0 Å². The maximum Gasteiger partial charge on any atom is -0.0305 e. The van der Waals surface area contributed by atoms with Crippen molar-refractivity contribution in [3.63, 3.8) is 0 Å². The molecule has 0 heterocycles. The van der Waals surface area contributed by atoms with E-state index in [0.717, 1.165) is 11.8 Å². The molecule has 0 N–H and O–H groups in total. The number of hydrogen-bond acceptors (Lipinski definition) is 0. The van der Waals surface area contributed by atoms with Gasteiger partial charge in [0.05, 0.1) is 0 Å². The fourth-order valence-corrected chi connectivity index (χ4v) is 1.65. The molecular formula is C13H28. The van der Waals surface area contributed by atoms with Crippen molar-refractivity contribution in [2.24, 2.45) is 17.3 Å². The summed E-state index contributed by atoms with van der Waals surface area (Å²) in [4.78, 5) is 0. The third-order valence-electron chi connectivity index (χ3n) is 4.11. The summed E-state index contributed by atoms with van der Waals surface area (Å²) in [6, 6.07) is 0. The highest BCUT2D eigenvalue weighted by Crippen LogP contribution is 2.36. The monoisotopic (exact) mass is 184 g/mol. The predicted molar refractivity (Wildman–Crippen MR) is 61.9 cm³/mol. The molecule has 2 unspecified atom stereocenters. The highest BCUT2D eigenvalue weighted by molar-refractivity contribution is 4.76. The Labute approximate surface area is 85.1 Å². The Hall–Kier alpha value is 0. The molecule has 2 atom stereocenters. The van der Waals surface area contributed by atoms with Crippen LogP contribution in [0.3, 0.4) is 0 Å². The summed E-state index contributed by atoms with van der Waals surface area (Å²) < 4.78 is 0. The van der Waals surface area contributed by atoms with Gasteiger partial charge in [-0.2, -0.15) is 0 Å². The lowest BCUT2D eigenvalue weighted by Crippen LogP contribution is -2.23. The molecule has 0 rings (SSSR count). The molecule has 0 amide bonds. The topological polar surface area (TPSA) is 0 Å². The van der Waals surface area contributed by atoms with E-state index in [-0.39, 0.29) is 0 Å². The van der Waals surface area contributed by atoms with Crippen LogP contribution in [0.25, 0.3) is 0 Å². The van der Waals surface area contributed by atoms with Crippen molar-refractivity contribution < 1.29 is 0 Å². The van der Waals surface area contributed by atoms with Gasteiger partial charge >= 0.3 is 0 Å². The Kier molecular flexibility index (Phi) is 5.67. The van der Waals surface area contributed by atoms with E-state index in [1.165, 1.54) is 25.7 Å². The first-order valence-corrected chi connectivity index (χ1v) is 5.96. The van der Waals surface area contributed by atoms with Crippen molar-refractivity contribution in [3.05, 3.63) is 0 Å². The van der Waals surface area contributed by atoms with Gasteiger partial charge in [-0.1, -0.05) is 60.8 Å². The fourth-order valence-electron chi connectivity index (χ4n) is 1.65. The first kappa shape index (κ1) is 13.0. The lowest BCUT2D eigenvalue weighted by atomic mass is 9.72. The molecule has 0 saturated carbocycles. The Morgan fingerprint density at radius 3 is 1.92 bits per heavy atom. The molecule has 0 heteroatoms. The smallest absolute Gasteiger partial charge is 0.0305 e. The first-order chi connectivity index (χ1) is 5.96. The van der Waals surface area contributed by atoms with Crippen molar-refractivity contribution in [2.45, 2.75) is 67.2 Å². The molecule has 0 radical (unpaired) electrons. The lowest BCUT2D eigenvalue weighted by Gasteiger charge is -2.33. The Balaban J connectivity index is 3.98. The molecule has 0 aliphatic rings. The minimum atomic E-state index is 0.573. The van der Waals surface area contributed by atoms with Gasteiger partial charge in [0.2, 0.25) is 0 Å². The van der Waals surface area contributed by atoms with E-state index in [1.807, 2.05) is 0 Å². The summed E-state index contributed by atoms with van der Waals surface area (Å²) >= 11 is 0. The summed E-state index contributed by atoms with van der Waals surface area (Å²) in [5.41, 5.74) is 0.573. The van der Waals surface area contributed by atoms with E-state index >= 15 is 0 Å². The van der Waals surface area contributed by atoms with E-state index in [2.05, 4.69) is 41.5 Å². The van der Waals surface area contributed by atoms with Crippen molar-refractivity contribution in [3.8, 4) is 0 Å². The van der Waals surface area contributed by atoms with E-state index in [4.69, 9.17) is 0 Å². The molecule has 0 aromatic heterocycles. The van der Waals surface area contributed by atoms with Gasteiger partial charge in [-0.25, -0.2) is 0 Å². The molecule has 0 saturated heterocycles. The molecule has 0 aromatic rings. The van der Waals surface area contributed by atoms with Crippen LogP contribution in [0.4, 0.5) is 0 Å². The molecule has 0 fully saturated rings. The second-order valence-corrected chi connectivity index (χ2v) is 5.21. The van der Waals surface area contributed by atoms with Crippen molar-refractivity contribution in [2.75, 3.05) is 0 Å². The van der Waals surface area contributed by atoms with Gasteiger partial charge in [-0.05, 0) is 23.7 Å². The Morgan fingerprint density at radius 2 is 1.62 bits per heavy atom. The predicted octanol–water partition coefficient (Wildman–Crippen LogP) is 4.89. The summed E-state index contributed by atoms with van der Waals surface area (Å²) in [6.45, 7) is 14.2. The molecular weight excluding hydrogens is 156 g/mol. The highest BCUT2D eigenvalue weighted by atomic mass is 14.3. The molecule has 0 nitrogen and oxygen atoms in total. The van der Waals surface area contributed by atoms with E-state index in [0.29, 0.717) is 5.41 Å². The van der Waals surface area contributed by atoms with Crippen LogP contribution >= 0.6 is 0 Å². The highest BCUT2D eigenvalue weighted by Gasteiger charge is 2.25. The average molecular weight is 184 g/mol. The van der Waals surface area contributed by atoms with Crippen molar-refractivity contribution in [1.82, 2.24) is 0 Å². The van der Waals surface area contributed by atoms with Crippen LogP contribution in [0.5, 0.6) is 0 Å². The molecule has 0 aliphatic heterocycles. The van der Waals surface area contributed by atoms with Crippen LogP contribution in [0.2, 0.25) is 0 Å². The van der Waals surface area contributed by atoms with Crippen LogP contribution in [-0.2, 0) is 0 Å². The van der Waals surface area contributed by atoms with Crippen LogP contribution in [0.1, 0.15) is 67.2 Å². The van der Waals surface area contributed by atoms with Gasteiger partial charge < -0.3 is 0 Å². The third kappa shape index (κ3) is 4.15. The second-order valence-electron chi connectivity index (χ2n) is 5.21. The maximum atomic E-state index is 2.44. The summed E-state index contributed by atoms with van der Waals surface area (Å²) in [5, 5.41) is 0. The largest absolute Gasteiger partial charge is 0.0651 e. The minimum absolute atomic E-state index is 0.573. The molecule has 0 spiro atoms. The van der Waals surface area contributed by atoms with E-state index < -0.39 is 0 Å². The second kappa shape index (κ2) is 5.67. The van der Waals surface area contributed by atoms with Gasteiger partial charge in [0.15, 0.2) is 0 Å². The van der Waals surface area contributed by atoms with E-state index in [9.17, 15) is 0 Å². The SMILES string of the molecule is CCC(C)CCC(C)(CC)C(C)C. The minimum Gasteiger partial charge on any atom is -0.0651 e. The summed E-state index contributed by atoms with van der Waals surface area (Å²) in [6.07, 6.45) is 5.45. The van der Waals surface area contributed by atoms with Crippen molar-refractivity contribution >= 4 is 0 Å². The van der Waals surface area contributed by atoms with Gasteiger partial charge in [0, 0.05) is 0 Å². The quantitative estimate of drug-likeness (QED) is 0.551. The van der Waals surface area contributed by atoms with Gasteiger partial charge in [-0.3, -0.25) is 0 Å². The number of hydrogen-bond donors (Lipinski definition) is 0. The molecule has 80 valence electrons. The van der Waals surface area contributed by atoms with Gasteiger partial charge in [0.1, 0.15) is 0 Å². The maximum absolute atomic E-state index is 2.44. The first-order valence-electron chi connectivity index (χ1n) is 5.96. The molecule has 13 heavy (non-hydrogen) atoms. The van der Waals surface area contributed by atoms with Crippen LogP contribution < -0.4 is 0 Å². The molecule has 0 aromatic carbocycles. The zero-order chi connectivity index (χ0) is 10.5. The lowest BCUT2D eigenvalue weighted by molar-refractivity contribution is 0.174. The molecule has 0 aliphatic carbocycles. The average Bonchev–Trinajstić information content (AvgIpc) is 2.13. The zero-order valence-corrected chi connectivity index (χ0v) is 10.5.